The minimum absolute atomic E-state index is 0.101. The molecule has 1 heterocycles. The van der Waals surface area contributed by atoms with Gasteiger partial charge in [0.05, 0.1) is 18.9 Å². The molecule has 1 aliphatic rings. The number of halogens is 3. The Kier molecular flexibility index (Phi) is 4.65. The molecule has 0 radical (unpaired) electrons. The number of carboxylic acids is 1. The summed E-state index contributed by atoms with van der Waals surface area (Å²) in [6.07, 6.45) is -4.50. The Hall–Kier alpha value is -1.76. The van der Waals surface area contributed by atoms with E-state index in [9.17, 15) is 18.0 Å². The summed E-state index contributed by atoms with van der Waals surface area (Å²) in [6, 6.07) is 5.42. The summed E-state index contributed by atoms with van der Waals surface area (Å²) in [5, 5.41) is 9.00. The van der Waals surface area contributed by atoms with E-state index in [1.165, 1.54) is 12.0 Å². The lowest BCUT2D eigenvalue weighted by Gasteiger charge is -2.18. The summed E-state index contributed by atoms with van der Waals surface area (Å²) in [7, 11) is 1.53. The molecule has 0 amide bonds. The van der Waals surface area contributed by atoms with Crippen molar-refractivity contribution in [2.24, 2.45) is 11.8 Å². The largest absolute Gasteiger partial charge is 0.496 e. The first kappa shape index (κ1) is 16.6. The summed E-state index contributed by atoms with van der Waals surface area (Å²) >= 11 is 0. The summed E-state index contributed by atoms with van der Waals surface area (Å²) in [4.78, 5) is 12.6. The summed E-state index contributed by atoms with van der Waals surface area (Å²) in [6.45, 7) is 1.75. The van der Waals surface area contributed by atoms with Crippen molar-refractivity contribution in [1.82, 2.24) is 4.90 Å². The predicted molar refractivity (Wildman–Crippen MR) is 73.7 cm³/mol. The SMILES string of the molecule is COc1cc(CN2C[C@@H](C(F)(F)F)[C@H](C(=O)O)C2)ccc1C. The number of carbonyl (C=O) groups is 1. The van der Waals surface area contributed by atoms with Crippen LogP contribution in [0.15, 0.2) is 18.2 Å². The number of ether oxygens (including phenoxy) is 1. The van der Waals surface area contributed by atoms with Gasteiger partial charge in [-0.3, -0.25) is 9.69 Å². The molecule has 7 heteroatoms. The molecule has 0 saturated carbocycles. The van der Waals surface area contributed by atoms with E-state index in [-0.39, 0.29) is 19.6 Å². The van der Waals surface area contributed by atoms with E-state index in [0.717, 1.165) is 11.1 Å². The van der Waals surface area contributed by atoms with Crippen LogP contribution in [0.5, 0.6) is 5.75 Å². The van der Waals surface area contributed by atoms with Crippen LogP contribution in [0.2, 0.25) is 0 Å². The van der Waals surface area contributed by atoms with E-state index < -0.39 is 24.0 Å². The Labute approximate surface area is 126 Å². The van der Waals surface area contributed by atoms with Gasteiger partial charge in [-0.25, -0.2) is 0 Å². The van der Waals surface area contributed by atoms with Gasteiger partial charge in [0.1, 0.15) is 5.75 Å². The number of hydrogen-bond acceptors (Lipinski definition) is 3. The predicted octanol–water partition coefficient (Wildman–Crippen LogP) is 2.70. The van der Waals surface area contributed by atoms with Crippen LogP contribution in [0, 0.1) is 18.8 Å². The second kappa shape index (κ2) is 6.16. The Morgan fingerprint density at radius 3 is 2.59 bits per heavy atom. The molecule has 0 aliphatic carbocycles. The molecule has 0 spiro atoms. The third-order valence-corrected chi connectivity index (χ3v) is 4.01. The van der Waals surface area contributed by atoms with Gasteiger partial charge in [-0.15, -0.1) is 0 Å². The topological polar surface area (TPSA) is 49.8 Å². The molecule has 22 heavy (non-hydrogen) atoms. The average molecular weight is 317 g/mol. The molecule has 4 nitrogen and oxygen atoms in total. The Bertz CT molecular complexity index is 559. The average Bonchev–Trinajstić information content (AvgIpc) is 2.85. The standard InChI is InChI=1S/C15H18F3NO3/c1-9-3-4-10(5-13(9)22-2)6-19-7-11(14(20)21)12(8-19)15(16,17)18/h3-5,11-12H,6-8H2,1-2H3,(H,20,21)/t11-,12-/m1/s1. The normalized spacial score (nSPS) is 22.8. The highest BCUT2D eigenvalue weighted by Crippen LogP contribution is 2.38. The third kappa shape index (κ3) is 3.52. The monoisotopic (exact) mass is 317 g/mol. The second-order valence-electron chi connectivity index (χ2n) is 5.59. The first-order chi connectivity index (χ1) is 10.2. The maximum absolute atomic E-state index is 12.9. The zero-order chi connectivity index (χ0) is 16.5. The molecule has 0 unspecified atom stereocenters. The van der Waals surface area contributed by atoms with E-state index in [1.54, 1.807) is 6.07 Å². The fourth-order valence-electron chi connectivity index (χ4n) is 2.82. The van der Waals surface area contributed by atoms with Gasteiger partial charge < -0.3 is 9.84 Å². The van der Waals surface area contributed by atoms with Crippen LogP contribution in [-0.2, 0) is 11.3 Å². The van der Waals surface area contributed by atoms with Crippen molar-refractivity contribution in [3.05, 3.63) is 29.3 Å². The van der Waals surface area contributed by atoms with Crippen LogP contribution in [0.3, 0.4) is 0 Å². The van der Waals surface area contributed by atoms with Crippen molar-refractivity contribution < 1.29 is 27.8 Å². The highest BCUT2D eigenvalue weighted by molar-refractivity contribution is 5.71. The summed E-state index contributed by atoms with van der Waals surface area (Å²) in [5.74, 6) is -3.96. The number of aliphatic carboxylic acids is 1. The minimum atomic E-state index is -4.50. The lowest BCUT2D eigenvalue weighted by molar-refractivity contribution is -0.188. The lowest BCUT2D eigenvalue weighted by Crippen LogP contribution is -2.33. The van der Waals surface area contributed by atoms with Gasteiger partial charge >= 0.3 is 12.1 Å². The van der Waals surface area contributed by atoms with Gasteiger partial charge in [-0.05, 0) is 24.1 Å². The number of likely N-dealkylation sites (tertiary alicyclic amines) is 1. The zero-order valence-corrected chi connectivity index (χ0v) is 12.4. The van der Waals surface area contributed by atoms with Crippen molar-refractivity contribution in [2.45, 2.75) is 19.6 Å². The maximum Gasteiger partial charge on any atom is 0.393 e. The first-order valence-corrected chi connectivity index (χ1v) is 6.87. The van der Waals surface area contributed by atoms with Gasteiger partial charge in [-0.1, -0.05) is 12.1 Å². The molecule has 2 rings (SSSR count). The van der Waals surface area contributed by atoms with Gasteiger partial charge in [0.25, 0.3) is 0 Å². The molecule has 122 valence electrons. The fraction of sp³-hybridized carbons (Fsp3) is 0.533. The number of rotatable bonds is 4. The molecule has 1 aromatic rings. The van der Waals surface area contributed by atoms with Crippen LogP contribution in [0.1, 0.15) is 11.1 Å². The van der Waals surface area contributed by atoms with Gasteiger partial charge in [0.2, 0.25) is 0 Å². The van der Waals surface area contributed by atoms with Crippen LogP contribution in [0.25, 0.3) is 0 Å². The first-order valence-electron chi connectivity index (χ1n) is 6.87. The minimum Gasteiger partial charge on any atom is -0.496 e. The lowest BCUT2D eigenvalue weighted by atomic mass is 9.96. The molecule has 2 atom stereocenters. The van der Waals surface area contributed by atoms with Gasteiger partial charge in [-0.2, -0.15) is 13.2 Å². The molecule has 1 saturated heterocycles. The van der Waals surface area contributed by atoms with E-state index in [4.69, 9.17) is 9.84 Å². The molecule has 1 N–H and O–H groups in total. The number of aryl methyl sites for hydroxylation is 1. The molecule has 0 aromatic heterocycles. The molecular formula is C15H18F3NO3. The van der Waals surface area contributed by atoms with Crippen LogP contribution in [0.4, 0.5) is 13.2 Å². The number of hydrogen-bond donors (Lipinski definition) is 1. The van der Waals surface area contributed by atoms with E-state index in [0.29, 0.717) is 5.75 Å². The highest BCUT2D eigenvalue weighted by atomic mass is 19.4. The third-order valence-electron chi connectivity index (χ3n) is 4.01. The Morgan fingerprint density at radius 2 is 2.09 bits per heavy atom. The molecule has 1 aliphatic heterocycles. The zero-order valence-electron chi connectivity index (χ0n) is 12.4. The van der Waals surface area contributed by atoms with Crippen LogP contribution >= 0.6 is 0 Å². The maximum atomic E-state index is 12.9. The number of alkyl halides is 3. The van der Waals surface area contributed by atoms with E-state index in [1.807, 2.05) is 19.1 Å². The number of nitrogens with zero attached hydrogens (tertiary/aromatic N) is 1. The van der Waals surface area contributed by atoms with Crippen molar-refractivity contribution in [3.63, 3.8) is 0 Å². The van der Waals surface area contributed by atoms with Crippen molar-refractivity contribution in [2.75, 3.05) is 20.2 Å². The van der Waals surface area contributed by atoms with Crippen molar-refractivity contribution in [1.29, 1.82) is 0 Å². The van der Waals surface area contributed by atoms with Gasteiger partial charge in [0, 0.05) is 19.6 Å². The highest BCUT2D eigenvalue weighted by Gasteiger charge is 2.52. The summed E-state index contributed by atoms with van der Waals surface area (Å²) < 4.78 is 44.0. The second-order valence-corrected chi connectivity index (χ2v) is 5.59. The summed E-state index contributed by atoms with van der Waals surface area (Å²) in [5.41, 5.74) is 1.73. The molecule has 0 bridgehead atoms. The van der Waals surface area contributed by atoms with E-state index in [2.05, 4.69) is 0 Å². The van der Waals surface area contributed by atoms with E-state index >= 15 is 0 Å². The smallest absolute Gasteiger partial charge is 0.393 e. The number of methoxy groups -OCH3 is 1. The van der Waals surface area contributed by atoms with Crippen molar-refractivity contribution >= 4 is 5.97 Å². The van der Waals surface area contributed by atoms with Crippen LogP contribution in [-0.4, -0.2) is 42.4 Å². The number of carboxylic acid groups (broad SMARTS) is 1. The van der Waals surface area contributed by atoms with Gasteiger partial charge in [0.15, 0.2) is 0 Å². The molecule has 1 aromatic carbocycles. The number of benzene rings is 1. The van der Waals surface area contributed by atoms with Crippen molar-refractivity contribution in [3.8, 4) is 5.75 Å². The fourth-order valence-corrected chi connectivity index (χ4v) is 2.82. The molecule has 1 fully saturated rings. The Balaban J connectivity index is 2.13. The molecular weight excluding hydrogens is 299 g/mol. The quantitative estimate of drug-likeness (QED) is 0.927. The Morgan fingerprint density at radius 1 is 1.41 bits per heavy atom. The van der Waals surface area contributed by atoms with Crippen LogP contribution < -0.4 is 4.74 Å².